The Labute approximate surface area is 160 Å². The highest BCUT2D eigenvalue weighted by molar-refractivity contribution is 5.97. The van der Waals surface area contributed by atoms with Crippen LogP contribution in [0.3, 0.4) is 0 Å². The number of carbonyl (C=O) groups is 2. The number of hydrogen-bond acceptors (Lipinski definition) is 5. The van der Waals surface area contributed by atoms with Gasteiger partial charge in [0.15, 0.2) is 23.9 Å². The number of ether oxygens (including phenoxy) is 3. The lowest BCUT2D eigenvalue weighted by atomic mass is 9.92. The van der Waals surface area contributed by atoms with Crippen LogP contribution in [0, 0.1) is 20.8 Å². The molecule has 0 radical (unpaired) electrons. The van der Waals surface area contributed by atoms with Gasteiger partial charge in [-0.2, -0.15) is 0 Å². The number of aryl methyl sites for hydroxylation is 2. The Hall–Kier alpha value is -2.82. The second-order valence-electron chi connectivity index (χ2n) is 6.37. The van der Waals surface area contributed by atoms with E-state index in [0.717, 1.165) is 22.3 Å². The molecular weight excluding hydrogens is 344 g/mol. The van der Waals surface area contributed by atoms with E-state index in [-0.39, 0.29) is 19.0 Å². The molecule has 0 aromatic heterocycles. The van der Waals surface area contributed by atoms with E-state index >= 15 is 0 Å². The molecule has 5 heteroatoms. The van der Waals surface area contributed by atoms with Crippen molar-refractivity contribution in [1.82, 2.24) is 0 Å². The van der Waals surface area contributed by atoms with Crippen molar-refractivity contribution in [3.05, 3.63) is 58.1 Å². The first-order chi connectivity index (χ1) is 12.8. The SMILES string of the molecule is CCOc1ccccc1OCC(=O)OCc1c(C)cc(C)c(C(C)=O)c1C. The third kappa shape index (κ3) is 5.09. The van der Waals surface area contributed by atoms with Crippen molar-refractivity contribution in [2.24, 2.45) is 0 Å². The van der Waals surface area contributed by atoms with Crippen LogP contribution in [-0.4, -0.2) is 25.0 Å². The molecule has 0 heterocycles. The summed E-state index contributed by atoms with van der Waals surface area (Å²) in [5, 5.41) is 0. The van der Waals surface area contributed by atoms with Gasteiger partial charge in [-0.15, -0.1) is 0 Å². The Morgan fingerprint density at radius 1 is 0.963 bits per heavy atom. The molecule has 0 N–H and O–H groups in total. The van der Waals surface area contributed by atoms with Crippen LogP contribution in [0.15, 0.2) is 30.3 Å². The molecule has 0 atom stereocenters. The zero-order valence-electron chi connectivity index (χ0n) is 16.5. The van der Waals surface area contributed by atoms with Crippen molar-refractivity contribution >= 4 is 11.8 Å². The van der Waals surface area contributed by atoms with Gasteiger partial charge >= 0.3 is 5.97 Å². The molecule has 5 nitrogen and oxygen atoms in total. The van der Waals surface area contributed by atoms with E-state index in [2.05, 4.69) is 0 Å². The lowest BCUT2D eigenvalue weighted by molar-refractivity contribution is -0.147. The van der Waals surface area contributed by atoms with E-state index in [4.69, 9.17) is 14.2 Å². The van der Waals surface area contributed by atoms with Crippen LogP contribution in [0.5, 0.6) is 11.5 Å². The van der Waals surface area contributed by atoms with E-state index in [1.165, 1.54) is 0 Å². The number of Topliss-reactive ketones (excluding diaryl/α,β-unsaturated/α-hetero) is 1. The maximum Gasteiger partial charge on any atom is 0.344 e. The van der Waals surface area contributed by atoms with Crippen molar-refractivity contribution in [1.29, 1.82) is 0 Å². The van der Waals surface area contributed by atoms with Crippen LogP contribution < -0.4 is 9.47 Å². The number of rotatable bonds is 8. The Morgan fingerprint density at radius 3 is 2.19 bits per heavy atom. The van der Waals surface area contributed by atoms with E-state index in [1.54, 1.807) is 19.1 Å². The molecule has 0 bridgehead atoms. The summed E-state index contributed by atoms with van der Waals surface area (Å²) in [5.74, 6) is 0.612. The molecule has 2 aromatic rings. The van der Waals surface area contributed by atoms with Gasteiger partial charge in [-0.05, 0) is 69.0 Å². The fourth-order valence-corrected chi connectivity index (χ4v) is 3.17. The minimum Gasteiger partial charge on any atom is -0.490 e. The van der Waals surface area contributed by atoms with Gasteiger partial charge in [0.1, 0.15) is 6.61 Å². The molecular formula is C22H26O5. The fraction of sp³-hybridized carbons (Fsp3) is 0.364. The fourth-order valence-electron chi connectivity index (χ4n) is 3.17. The predicted octanol–water partition coefficient (Wildman–Crippen LogP) is 4.34. The Morgan fingerprint density at radius 2 is 1.59 bits per heavy atom. The average molecular weight is 370 g/mol. The van der Waals surface area contributed by atoms with E-state index in [0.29, 0.717) is 23.7 Å². The summed E-state index contributed by atoms with van der Waals surface area (Å²) in [7, 11) is 0. The van der Waals surface area contributed by atoms with Crippen molar-refractivity contribution in [2.75, 3.05) is 13.2 Å². The van der Waals surface area contributed by atoms with Crippen LogP contribution in [0.4, 0.5) is 0 Å². The van der Waals surface area contributed by atoms with Gasteiger partial charge in [0.25, 0.3) is 0 Å². The van der Waals surface area contributed by atoms with Crippen LogP contribution in [0.1, 0.15) is 46.5 Å². The predicted molar refractivity (Wildman–Crippen MR) is 104 cm³/mol. The summed E-state index contributed by atoms with van der Waals surface area (Å²) < 4.78 is 16.4. The van der Waals surface area contributed by atoms with Gasteiger partial charge < -0.3 is 14.2 Å². The van der Waals surface area contributed by atoms with Gasteiger partial charge in [-0.25, -0.2) is 4.79 Å². The molecule has 0 aliphatic rings. The Kier molecular flexibility index (Phi) is 6.99. The van der Waals surface area contributed by atoms with Gasteiger partial charge in [-0.1, -0.05) is 18.2 Å². The van der Waals surface area contributed by atoms with Gasteiger partial charge in [0.05, 0.1) is 6.61 Å². The van der Waals surface area contributed by atoms with Crippen molar-refractivity contribution < 1.29 is 23.8 Å². The number of hydrogen-bond donors (Lipinski definition) is 0. The van der Waals surface area contributed by atoms with E-state index < -0.39 is 5.97 Å². The summed E-state index contributed by atoms with van der Waals surface area (Å²) in [6, 6.07) is 9.12. The van der Waals surface area contributed by atoms with Crippen molar-refractivity contribution in [3.63, 3.8) is 0 Å². The van der Waals surface area contributed by atoms with Crippen molar-refractivity contribution in [3.8, 4) is 11.5 Å². The summed E-state index contributed by atoms with van der Waals surface area (Å²) >= 11 is 0. The zero-order chi connectivity index (χ0) is 20.0. The van der Waals surface area contributed by atoms with Gasteiger partial charge in [0, 0.05) is 5.56 Å². The third-order valence-corrected chi connectivity index (χ3v) is 4.36. The topological polar surface area (TPSA) is 61.8 Å². The number of carbonyl (C=O) groups excluding carboxylic acids is 2. The molecule has 0 saturated carbocycles. The molecule has 27 heavy (non-hydrogen) atoms. The van der Waals surface area contributed by atoms with Crippen LogP contribution >= 0.6 is 0 Å². The molecule has 0 aliphatic heterocycles. The number of benzene rings is 2. The highest BCUT2D eigenvalue weighted by Gasteiger charge is 2.16. The first-order valence-electron chi connectivity index (χ1n) is 8.96. The summed E-state index contributed by atoms with van der Waals surface area (Å²) in [5.41, 5.74) is 4.33. The quantitative estimate of drug-likeness (QED) is 0.511. The maximum absolute atomic E-state index is 12.1. The first-order valence-corrected chi connectivity index (χ1v) is 8.96. The largest absolute Gasteiger partial charge is 0.490 e. The summed E-state index contributed by atoms with van der Waals surface area (Å²) in [6.07, 6.45) is 0. The summed E-state index contributed by atoms with van der Waals surface area (Å²) in [6.45, 7) is 9.57. The molecule has 0 unspecified atom stereocenters. The highest BCUT2D eigenvalue weighted by atomic mass is 16.6. The maximum atomic E-state index is 12.1. The minimum absolute atomic E-state index is 0.00782. The lowest BCUT2D eigenvalue weighted by Crippen LogP contribution is -2.16. The van der Waals surface area contributed by atoms with Gasteiger partial charge in [-0.3, -0.25) is 4.79 Å². The zero-order valence-corrected chi connectivity index (χ0v) is 16.5. The number of ketones is 1. The average Bonchev–Trinajstić information content (AvgIpc) is 2.60. The number of esters is 1. The van der Waals surface area contributed by atoms with Crippen LogP contribution in [0.2, 0.25) is 0 Å². The molecule has 144 valence electrons. The normalized spacial score (nSPS) is 10.4. The second-order valence-corrected chi connectivity index (χ2v) is 6.37. The van der Waals surface area contributed by atoms with Crippen LogP contribution in [-0.2, 0) is 16.1 Å². The smallest absolute Gasteiger partial charge is 0.344 e. The lowest BCUT2D eigenvalue weighted by Gasteiger charge is -2.16. The third-order valence-electron chi connectivity index (χ3n) is 4.36. The highest BCUT2D eigenvalue weighted by Crippen LogP contribution is 2.26. The minimum atomic E-state index is -0.481. The molecule has 2 aromatic carbocycles. The Balaban J connectivity index is 2.02. The molecule has 0 aliphatic carbocycles. The monoisotopic (exact) mass is 370 g/mol. The second kappa shape index (κ2) is 9.21. The van der Waals surface area contributed by atoms with E-state index in [9.17, 15) is 9.59 Å². The number of para-hydroxylation sites is 2. The van der Waals surface area contributed by atoms with E-state index in [1.807, 2.05) is 45.9 Å². The summed E-state index contributed by atoms with van der Waals surface area (Å²) in [4.78, 5) is 24.0. The Bertz CT molecular complexity index is 839. The van der Waals surface area contributed by atoms with Crippen molar-refractivity contribution in [2.45, 2.75) is 41.2 Å². The molecule has 2 rings (SSSR count). The molecule has 0 spiro atoms. The molecule has 0 saturated heterocycles. The molecule has 0 amide bonds. The van der Waals surface area contributed by atoms with Crippen LogP contribution in [0.25, 0.3) is 0 Å². The van der Waals surface area contributed by atoms with Gasteiger partial charge in [0.2, 0.25) is 0 Å². The standard InChI is InChI=1S/C22H26O5/c1-6-25-19-9-7-8-10-20(19)26-13-21(24)27-12-18-14(2)11-15(3)22(16(18)4)17(5)23/h7-11H,6,12-13H2,1-5H3. The first kappa shape index (κ1) is 20.5. The molecule has 0 fully saturated rings.